The quantitative estimate of drug-likeness (QED) is 0.471. The number of ether oxygens (including phenoxy) is 2. The van der Waals surface area contributed by atoms with Gasteiger partial charge in [-0.3, -0.25) is 14.9 Å². The Hall–Kier alpha value is -1.63. The van der Waals surface area contributed by atoms with E-state index >= 15 is 0 Å². The van der Waals surface area contributed by atoms with Crippen LogP contribution in [-0.4, -0.2) is 24.6 Å². The Morgan fingerprint density at radius 1 is 1.47 bits per heavy atom. The lowest BCUT2D eigenvalue weighted by atomic mass is 9.95. The van der Waals surface area contributed by atoms with Gasteiger partial charge in [-0.15, -0.1) is 0 Å². The standard InChI is InChI=1S/C12H14BrNO5/c1-12(2,11(15)18-3)7-19-10-5-4-8(13)6-9(10)14(16)17/h4-6H,7H2,1-3H3. The van der Waals surface area contributed by atoms with Gasteiger partial charge in [-0.25, -0.2) is 0 Å². The van der Waals surface area contributed by atoms with Gasteiger partial charge in [-0.2, -0.15) is 0 Å². The number of nitro groups is 1. The summed E-state index contributed by atoms with van der Waals surface area (Å²) in [5.74, 6) is -0.322. The average Bonchev–Trinajstić information content (AvgIpc) is 2.36. The average molecular weight is 332 g/mol. The monoisotopic (exact) mass is 331 g/mol. The van der Waals surface area contributed by atoms with E-state index in [2.05, 4.69) is 20.7 Å². The van der Waals surface area contributed by atoms with E-state index in [4.69, 9.17) is 4.74 Å². The molecule has 0 aromatic heterocycles. The van der Waals surface area contributed by atoms with Crippen LogP contribution in [0.5, 0.6) is 5.75 Å². The zero-order valence-corrected chi connectivity index (χ0v) is 12.4. The molecule has 0 aliphatic rings. The summed E-state index contributed by atoms with van der Waals surface area (Å²) in [6.45, 7) is 3.27. The van der Waals surface area contributed by atoms with Crippen molar-refractivity contribution in [2.45, 2.75) is 13.8 Å². The molecule has 0 atom stereocenters. The fourth-order valence-electron chi connectivity index (χ4n) is 1.35. The molecule has 1 aromatic rings. The lowest BCUT2D eigenvalue weighted by Gasteiger charge is -2.21. The molecule has 0 radical (unpaired) electrons. The minimum atomic E-state index is -0.879. The maximum absolute atomic E-state index is 11.5. The third kappa shape index (κ3) is 3.92. The number of halogens is 1. The van der Waals surface area contributed by atoms with E-state index < -0.39 is 16.3 Å². The number of nitrogens with zero attached hydrogens (tertiary/aromatic N) is 1. The van der Waals surface area contributed by atoms with Gasteiger partial charge >= 0.3 is 11.7 Å². The van der Waals surface area contributed by atoms with E-state index in [1.165, 1.54) is 19.2 Å². The summed E-state index contributed by atoms with van der Waals surface area (Å²) >= 11 is 3.16. The van der Waals surface area contributed by atoms with Crippen LogP contribution in [0.25, 0.3) is 0 Å². The van der Waals surface area contributed by atoms with Crippen molar-refractivity contribution in [2.75, 3.05) is 13.7 Å². The number of methoxy groups -OCH3 is 1. The van der Waals surface area contributed by atoms with Crippen LogP contribution in [0.3, 0.4) is 0 Å². The van der Waals surface area contributed by atoms with E-state index in [1.54, 1.807) is 19.9 Å². The molecule has 0 fully saturated rings. The summed E-state index contributed by atoms with van der Waals surface area (Å²) in [6, 6.07) is 4.46. The number of carbonyl (C=O) groups is 1. The number of esters is 1. The Morgan fingerprint density at radius 2 is 2.11 bits per heavy atom. The molecular weight excluding hydrogens is 318 g/mol. The minimum absolute atomic E-state index is 0.0118. The third-order valence-electron chi connectivity index (χ3n) is 2.44. The highest BCUT2D eigenvalue weighted by Crippen LogP contribution is 2.31. The van der Waals surface area contributed by atoms with Crippen LogP contribution >= 0.6 is 15.9 Å². The normalized spacial score (nSPS) is 10.9. The lowest BCUT2D eigenvalue weighted by Crippen LogP contribution is -2.32. The van der Waals surface area contributed by atoms with Crippen molar-refractivity contribution in [3.63, 3.8) is 0 Å². The molecule has 0 amide bonds. The van der Waals surface area contributed by atoms with E-state index in [0.29, 0.717) is 4.47 Å². The van der Waals surface area contributed by atoms with Crippen LogP contribution in [0.15, 0.2) is 22.7 Å². The second-order valence-electron chi connectivity index (χ2n) is 4.53. The highest BCUT2D eigenvalue weighted by Gasteiger charge is 2.30. The molecule has 0 aliphatic heterocycles. The molecule has 0 unspecified atom stereocenters. The smallest absolute Gasteiger partial charge is 0.314 e. The number of carbonyl (C=O) groups excluding carboxylic acids is 1. The van der Waals surface area contributed by atoms with Crippen LogP contribution < -0.4 is 4.74 Å². The molecule has 19 heavy (non-hydrogen) atoms. The summed E-state index contributed by atoms with van der Waals surface area (Å²) in [5, 5.41) is 10.9. The van der Waals surface area contributed by atoms with Crippen molar-refractivity contribution in [1.29, 1.82) is 0 Å². The maximum Gasteiger partial charge on any atom is 0.314 e. The van der Waals surface area contributed by atoms with Gasteiger partial charge in [0, 0.05) is 10.5 Å². The molecule has 0 heterocycles. The number of rotatable bonds is 5. The Balaban J connectivity index is 2.89. The van der Waals surface area contributed by atoms with Gasteiger partial charge in [0.2, 0.25) is 0 Å². The van der Waals surface area contributed by atoms with Crippen LogP contribution in [0.2, 0.25) is 0 Å². The topological polar surface area (TPSA) is 78.7 Å². The Bertz CT molecular complexity index is 501. The number of benzene rings is 1. The van der Waals surface area contributed by atoms with Crippen LogP contribution in [0, 0.1) is 15.5 Å². The van der Waals surface area contributed by atoms with Crippen LogP contribution in [0.4, 0.5) is 5.69 Å². The first-order valence-corrected chi connectivity index (χ1v) is 6.22. The summed E-state index contributed by atoms with van der Waals surface area (Å²) in [4.78, 5) is 21.8. The van der Waals surface area contributed by atoms with Gasteiger partial charge in [-0.05, 0) is 26.0 Å². The van der Waals surface area contributed by atoms with Crippen molar-refractivity contribution in [2.24, 2.45) is 5.41 Å². The van der Waals surface area contributed by atoms with Crippen LogP contribution in [0.1, 0.15) is 13.8 Å². The van der Waals surface area contributed by atoms with Crippen molar-refractivity contribution in [3.8, 4) is 5.75 Å². The largest absolute Gasteiger partial charge is 0.486 e. The maximum atomic E-state index is 11.5. The number of hydrogen-bond donors (Lipinski definition) is 0. The van der Waals surface area contributed by atoms with Gasteiger partial charge in [0.25, 0.3) is 0 Å². The van der Waals surface area contributed by atoms with Gasteiger partial charge < -0.3 is 9.47 Å². The van der Waals surface area contributed by atoms with Crippen molar-refractivity contribution in [1.82, 2.24) is 0 Å². The minimum Gasteiger partial charge on any atom is -0.486 e. The molecule has 0 N–H and O–H groups in total. The van der Waals surface area contributed by atoms with Gasteiger partial charge in [-0.1, -0.05) is 15.9 Å². The van der Waals surface area contributed by atoms with Crippen LogP contribution in [-0.2, 0) is 9.53 Å². The highest BCUT2D eigenvalue weighted by molar-refractivity contribution is 9.10. The predicted molar refractivity (Wildman–Crippen MR) is 72.1 cm³/mol. The Morgan fingerprint density at radius 3 is 2.63 bits per heavy atom. The molecule has 0 saturated heterocycles. The summed E-state index contributed by atoms with van der Waals surface area (Å²) in [7, 11) is 1.28. The molecule has 104 valence electrons. The van der Waals surface area contributed by atoms with Gasteiger partial charge in [0.1, 0.15) is 6.61 Å². The fraction of sp³-hybridized carbons (Fsp3) is 0.417. The summed E-state index contributed by atoms with van der Waals surface area (Å²) < 4.78 is 10.6. The summed E-state index contributed by atoms with van der Waals surface area (Å²) in [6.07, 6.45) is 0. The van der Waals surface area contributed by atoms with E-state index in [0.717, 1.165) is 0 Å². The molecule has 7 heteroatoms. The van der Waals surface area contributed by atoms with E-state index in [1.807, 2.05) is 0 Å². The molecule has 0 bridgehead atoms. The van der Waals surface area contributed by atoms with E-state index in [-0.39, 0.29) is 18.0 Å². The fourth-order valence-corrected chi connectivity index (χ4v) is 1.70. The molecule has 1 aromatic carbocycles. The predicted octanol–water partition coefficient (Wildman–Crippen LogP) is 2.94. The zero-order valence-electron chi connectivity index (χ0n) is 10.8. The van der Waals surface area contributed by atoms with Crippen molar-refractivity contribution in [3.05, 3.63) is 32.8 Å². The highest BCUT2D eigenvalue weighted by atomic mass is 79.9. The Labute approximate surface area is 119 Å². The van der Waals surface area contributed by atoms with Gasteiger partial charge in [0.15, 0.2) is 5.75 Å². The Kier molecular flexibility index (Phi) is 4.88. The molecule has 0 spiro atoms. The molecule has 1 rings (SSSR count). The molecule has 0 saturated carbocycles. The number of hydrogen-bond acceptors (Lipinski definition) is 5. The molecule has 0 aliphatic carbocycles. The van der Waals surface area contributed by atoms with Gasteiger partial charge in [0.05, 0.1) is 17.4 Å². The van der Waals surface area contributed by atoms with E-state index in [9.17, 15) is 14.9 Å². The van der Waals surface area contributed by atoms with Crippen molar-refractivity contribution >= 4 is 27.6 Å². The second kappa shape index (κ2) is 6.01. The first-order chi connectivity index (χ1) is 8.77. The molecular formula is C12H14BrNO5. The SMILES string of the molecule is COC(=O)C(C)(C)COc1ccc(Br)cc1[N+](=O)[O-]. The second-order valence-corrected chi connectivity index (χ2v) is 5.45. The van der Waals surface area contributed by atoms with Crippen molar-refractivity contribution < 1.29 is 19.2 Å². The first-order valence-electron chi connectivity index (χ1n) is 5.43. The lowest BCUT2D eigenvalue weighted by molar-refractivity contribution is -0.386. The first kappa shape index (κ1) is 15.4. The third-order valence-corrected chi connectivity index (χ3v) is 2.94. The summed E-state index contributed by atoms with van der Waals surface area (Å²) in [5.41, 5.74) is -1.04. The molecule has 6 nitrogen and oxygen atoms in total. The number of nitro benzene ring substituents is 1. The zero-order chi connectivity index (χ0) is 14.6.